The van der Waals surface area contributed by atoms with E-state index in [0.717, 1.165) is 29.0 Å². The normalized spacial score (nSPS) is 30.2. The summed E-state index contributed by atoms with van der Waals surface area (Å²) in [6.45, 7) is 2.33. The van der Waals surface area contributed by atoms with Crippen LogP contribution >= 0.6 is 11.6 Å². The van der Waals surface area contributed by atoms with E-state index in [-0.39, 0.29) is 11.7 Å². The Bertz CT molecular complexity index is 1300. The number of halogens is 4. The first kappa shape index (κ1) is 21.6. The maximum atomic E-state index is 13.9. The summed E-state index contributed by atoms with van der Waals surface area (Å²) in [7, 11) is 0. The molecule has 4 aliphatic heterocycles. The van der Waals surface area contributed by atoms with Crippen molar-refractivity contribution in [2.24, 2.45) is 11.8 Å². The van der Waals surface area contributed by atoms with Gasteiger partial charge < -0.3 is 5.32 Å². The smallest absolute Gasteiger partial charge is 0.324 e. The maximum Gasteiger partial charge on any atom is 0.416 e. The lowest BCUT2D eigenvalue weighted by atomic mass is 9.75. The van der Waals surface area contributed by atoms with Gasteiger partial charge in [0.05, 0.1) is 23.1 Å². The predicted molar refractivity (Wildman–Crippen MR) is 117 cm³/mol. The van der Waals surface area contributed by atoms with Crippen molar-refractivity contribution in [2.45, 2.75) is 37.5 Å². The number of nitrogens with zero attached hydrogens (tertiary/aromatic N) is 2. The van der Waals surface area contributed by atoms with Gasteiger partial charge >= 0.3 is 6.18 Å². The van der Waals surface area contributed by atoms with Gasteiger partial charge in [0.15, 0.2) is 0 Å². The van der Waals surface area contributed by atoms with Crippen molar-refractivity contribution in [1.82, 2.24) is 4.90 Å². The Morgan fingerprint density at radius 1 is 1.12 bits per heavy atom. The molecule has 34 heavy (non-hydrogen) atoms. The Kier molecular flexibility index (Phi) is 4.34. The molecule has 6 rings (SSSR count). The minimum absolute atomic E-state index is 0.139. The van der Waals surface area contributed by atoms with Crippen molar-refractivity contribution >= 4 is 40.7 Å². The molecule has 2 aromatic carbocycles. The standard InChI is InChI=1S/C24H19ClF3N3O3/c1-11-8-13(25)10-15-19(11)29-22(34)23(15)18-17(16-6-3-7-30(16)23)20(32)31(21(18)33)14-5-2-4-12(9-14)24(26,27)28/h2,4-5,8-10,16-18H,3,6-7H2,1H3,(H,29,34). The molecule has 0 radical (unpaired) electrons. The van der Waals surface area contributed by atoms with Gasteiger partial charge in [0, 0.05) is 22.3 Å². The summed E-state index contributed by atoms with van der Waals surface area (Å²) in [6.07, 6.45) is -3.27. The molecule has 0 aromatic heterocycles. The minimum Gasteiger partial charge on any atom is -0.324 e. The van der Waals surface area contributed by atoms with E-state index in [1.54, 1.807) is 19.1 Å². The fourth-order valence-electron chi connectivity index (χ4n) is 6.51. The number of carbonyl (C=O) groups excluding carboxylic acids is 3. The number of rotatable bonds is 1. The average Bonchev–Trinajstić information content (AvgIpc) is 3.47. The monoisotopic (exact) mass is 489 g/mol. The zero-order chi connectivity index (χ0) is 24.2. The third-order valence-electron chi connectivity index (χ3n) is 7.70. The Morgan fingerprint density at radius 3 is 2.62 bits per heavy atom. The third kappa shape index (κ3) is 2.54. The minimum atomic E-state index is -4.63. The molecule has 3 saturated heterocycles. The van der Waals surface area contributed by atoms with Crippen LogP contribution in [0.5, 0.6) is 0 Å². The van der Waals surface area contributed by atoms with Gasteiger partial charge in [-0.25, -0.2) is 4.90 Å². The molecular weight excluding hydrogens is 471 g/mol. The highest BCUT2D eigenvalue weighted by Crippen LogP contribution is 2.61. The molecule has 10 heteroatoms. The number of hydrogen-bond donors (Lipinski definition) is 1. The van der Waals surface area contributed by atoms with E-state index < -0.39 is 46.8 Å². The van der Waals surface area contributed by atoms with Crippen molar-refractivity contribution < 1.29 is 27.6 Å². The lowest BCUT2D eigenvalue weighted by Gasteiger charge is -2.36. The highest BCUT2D eigenvalue weighted by Gasteiger charge is 2.74. The second-order valence-corrected chi connectivity index (χ2v) is 9.77. The van der Waals surface area contributed by atoms with Crippen molar-refractivity contribution in [2.75, 3.05) is 16.8 Å². The van der Waals surface area contributed by atoms with Gasteiger partial charge in [0.2, 0.25) is 17.7 Å². The van der Waals surface area contributed by atoms with Crippen molar-refractivity contribution in [3.63, 3.8) is 0 Å². The van der Waals surface area contributed by atoms with Crippen LogP contribution in [0, 0.1) is 18.8 Å². The number of hydrogen-bond acceptors (Lipinski definition) is 4. The molecule has 3 fully saturated rings. The van der Waals surface area contributed by atoms with Gasteiger partial charge in [0.1, 0.15) is 5.54 Å². The number of amides is 3. The van der Waals surface area contributed by atoms with E-state index in [1.165, 1.54) is 12.1 Å². The quantitative estimate of drug-likeness (QED) is 0.612. The van der Waals surface area contributed by atoms with Crippen molar-refractivity contribution in [1.29, 1.82) is 0 Å². The fraction of sp³-hybridized carbons (Fsp3) is 0.375. The van der Waals surface area contributed by atoms with E-state index in [1.807, 2.05) is 4.90 Å². The molecule has 4 heterocycles. The summed E-state index contributed by atoms with van der Waals surface area (Å²) in [6, 6.07) is 7.18. The largest absolute Gasteiger partial charge is 0.416 e. The summed E-state index contributed by atoms with van der Waals surface area (Å²) in [5, 5.41) is 3.30. The molecule has 2 aromatic rings. The van der Waals surface area contributed by atoms with Gasteiger partial charge in [0.25, 0.3) is 0 Å². The van der Waals surface area contributed by atoms with E-state index in [2.05, 4.69) is 5.32 Å². The lowest BCUT2D eigenvalue weighted by Crippen LogP contribution is -2.54. The molecule has 4 unspecified atom stereocenters. The van der Waals surface area contributed by atoms with E-state index >= 15 is 0 Å². The molecule has 4 aliphatic rings. The van der Waals surface area contributed by atoms with Crippen molar-refractivity contribution in [3.05, 3.63) is 58.1 Å². The number of nitrogens with one attached hydrogen (secondary N) is 1. The van der Waals surface area contributed by atoms with Gasteiger partial charge in [-0.05, 0) is 62.2 Å². The molecule has 1 N–H and O–H groups in total. The summed E-state index contributed by atoms with van der Waals surface area (Å²) >= 11 is 6.35. The van der Waals surface area contributed by atoms with Gasteiger partial charge in [-0.3, -0.25) is 19.3 Å². The van der Waals surface area contributed by atoms with Crippen LogP contribution in [0.25, 0.3) is 0 Å². The van der Waals surface area contributed by atoms with Crippen LogP contribution in [0.3, 0.4) is 0 Å². The van der Waals surface area contributed by atoms with Crippen LogP contribution in [0.15, 0.2) is 36.4 Å². The summed E-state index contributed by atoms with van der Waals surface area (Å²) in [4.78, 5) is 43.9. The van der Waals surface area contributed by atoms with Crippen LogP contribution in [-0.4, -0.2) is 35.2 Å². The molecule has 176 valence electrons. The highest BCUT2D eigenvalue weighted by molar-refractivity contribution is 6.31. The zero-order valence-corrected chi connectivity index (χ0v) is 18.7. The third-order valence-corrected chi connectivity index (χ3v) is 7.91. The lowest BCUT2D eigenvalue weighted by molar-refractivity contribution is -0.137. The summed E-state index contributed by atoms with van der Waals surface area (Å²) in [5.41, 5.74) is -0.670. The molecule has 0 aliphatic carbocycles. The van der Waals surface area contributed by atoms with Crippen LogP contribution in [0.2, 0.25) is 5.02 Å². The highest BCUT2D eigenvalue weighted by atomic mass is 35.5. The molecule has 1 spiro atoms. The summed E-state index contributed by atoms with van der Waals surface area (Å²) in [5.74, 6) is -3.52. The fourth-order valence-corrected chi connectivity index (χ4v) is 6.78. The predicted octanol–water partition coefficient (Wildman–Crippen LogP) is 4.10. The number of imide groups is 1. The van der Waals surface area contributed by atoms with Crippen LogP contribution < -0.4 is 10.2 Å². The second-order valence-electron chi connectivity index (χ2n) is 9.33. The number of anilines is 2. The molecule has 3 amide bonds. The van der Waals surface area contributed by atoms with Gasteiger partial charge in [-0.1, -0.05) is 17.7 Å². The first-order valence-electron chi connectivity index (χ1n) is 11.0. The van der Waals surface area contributed by atoms with E-state index in [4.69, 9.17) is 11.6 Å². The first-order valence-corrected chi connectivity index (χ1v) is 11.4. The number of fused-ring (bicyclic) bond motifs is 7. The van der Waals surface area contributed by atoms with E-state index in [0.29, 0.717) is 29.2 Å². The topological polar surface area (TPSA) is 69.7 Å². The summed E-state index contributed by atoms with van der Waals surface area (Å²) < 4.78 is 40.0. The molecule has 4 atom stereocenters. The average molecular weight is 490 g/mol. The maximum absolute atomic E-state index is 13.9. The number of benzene rings is 2. The van der Waals surface area contributed by atoms with Crippen molar-refractivity contribution in [3.8, 4) is 0 Å². The number of carbonyl (C=O) groups is 3. The Labute approximate surface area is 197 Å². The SMILES string of the molecule is Cc1cc(Cl)cc2c1NC(=O)C21C2C(=O)N(c3cccc(C(F)(F)F)c3)C(=O)C2C2CCCN21. The number of aryl methyl sites for hydroxylation is 1. The molecule has 0 bridgehead atoms. The Hall–Kier alpha value is -2.91. The van der Waals surface area contributed by atoms with Crippen LogP contribution in [0.4, 0.5) is 24.5 Å². The molecule has 6 nitrogen and oxygen atoms in total. The molecular formula is C24H19ClF3N3O3. The number of alkyl halides is 3. The first-order chi connectivity index (χ1) is 16.1. The Balaban J connectivity index is 1.54. The Morgan fingerprint density at radius 2 is 1.88 bits per heavy atom. The van der Waals surface area contributed by atoms with Crippen LogP contribution in [0.1, 0.15) is 29.5 Å². The van der Waals surface area contributed by atoms with Gasteiger partial charge in [-0.15, -0.1) is 0 Å². The zero-order valence-electron chi connectivity index (χ0n) is 17.9. The van der Waals surface area contributed by atoms with E-state index in [9.17, 15) is 27.6 Å². The van der Waals surface area contributed by atoms with Gasteiger partial charge in [-0.2, -0.15) is 13.2 Å². The molecule has 0 saturated carbocycles. The second kappa shape index (κ2) is 6.82. The van der Waals surface area contributed by atoms with Crippen LogP contribution in [-0.2, 0) is 26.1 Å².